The Kier molecular flexibility index (Phi) is 6.18. The smallest absolute Gasteiger partial charge is 0.338 e. The maximum absolute atomic E-state index is 16.0. The molecule has 0 bridgehead atoms. The Bertz CT molecular complexity index is 955. The van der Waals surface area contributed by atoms with E-state index in [9.17, 15) is 9.59 Å². The average molecular weight is 439 g/mol. The van der Waals surface area contributed by atoms with Gasteiger partial charge in [-0.1, -0.05) is 18.2 Å². The van der Waals surface area contributed by atoms with E-state index >= 15 is 4.39 Å². The summed E-state index contributed by atoms with van der Waals surface area (Å²) in [5, 5.41) is 6.63. The molecule has 0 spiro atoms. The van der Waals surface area contributed by atoms with E-state index < -0.39 is 23.1 Å². The lowest BCUT2D eigenvalue weighted by atomic mass is 9.83. The number of aromatic nitrogens is 1. The molecule has 3 atom stereocenters. The number of carbonyl (C=O) groups is 2. The molecule has 0 saturated carbocycles. The third-order valence-electron chi connectivity index (χ3n) is 4.35. The summed E-state index contributed by atoms with van der Waals surface area (Å²) in [6.07, 6.45) is 5.99. The molecule has 3 rings (SSSR count). The van der Waals surface area contributed by atoms with E-state index in [2.05, 4.69) is 20.6 Å². The predicted octanol–water partition coefficient (Wildman–Crippen LogP) is 3.10. The molecule has 3 unspecified atom stereocenters. The van der Waals surface area contributed by atoms with Crippen molar-refractivity contribution in [2.75, 3.05) is 11.9 Å². The molecule has 2 aliphatic rings. The molecule has 0 radical (unpaired) electrons. The Morgan fingerprint density at radius 2 is 2.21 bits per heavy atom. The van der Waals surface area contributed by atoms with Crippen LogP contribution in [0, 0.1) is 0 Å². The van der Waals surface area contributed by atoms with Crippen LogP contribution in [0.5, 0.6) is 0 Å². The zero-order valence-electron chi connectivity index (χ0n) is 16.0. The molecule has 1 aromatic heterocycles. The minimum atomic E-state index is -2.14. The minimum Gasteiger partial charge on any atom is -0.463 e. The molecule has 7 nitrogen and oxygen atoms in total. The summed E-state index contributed by atoms with van der Waals surface area (Å²) in [6.45, 7) is 4.84. The lowest BCUT2D eigenvalue weighted by Crippen LogP contribution is -2.50. The SMILES string of the molecule is CCOC(=O)C1=C(C)NC(c2csc(NC(C)=O)n2)=NC1C1(F)C=CC=CC1Cl. The van der Waals surface area contributed by atoms with Gasteiger partial charge in [0.15, 0.2) is 16.6 Å². The maximum Gasteiger partial charge on any atom is 0.338 e. The topological polar surface area (TPSA) is 92.7 Å². The van der Waals surface area contributed by atoms with E-state index in [1.165, 1.54) is 36.5 Å². The predicted molar refractivity (Wildman–Crippen MR) is 111 cm³/mol. The molecule has 2 heterocycles. The standard InChI is InChI=1S/C19H20ClFN4O3S/c1-4-28-17(27)14-10(2)22-16(12-9-29-18(24-12)23-11(3)26)25-15(14)19(21)8-6-5-7-13(19)20/h5-9,13,15H,4H2,1-3H3,(H,22,25)(H,23,24,26). The molecule has 0 aromatic carbocycles. The Balaban J connectivity index is 2.04. The van der Waals surface area contributed by atoms with Gasteiger partial charge < -0.3 is 15.4 Å². The van der Waals surface area contributed by atoms with E-state index in [0.717, 1.165) is 0 Å². The van der Waals surface area contributed by atoms with Crippen molar-refractivity contribution >= 4 is 45.8 Å². The maximum atomic E-state index is 16.0. The Hall–Kier alpha value is -2.52. The summed E-state index contributed by atoms with van der Waals surface area (Å²) >= 11 is 7.48. The summed E-state index contributed by atoms with van der Waals surface area (Å²) in [4.78, 5) is 32.6. The van der Waals surface area contributed by atoms with Gasteiger partial charge in [0.2, 0.25) is 5.91 Å². The number of ether oxygens (including phenoxy) is 1. The molecule has 0 fully saturated rings. The third-order valence-corrected chi connectivity index (χ3v) is 5.59. The molecule has 0 saturated heterocycles. The van der Waals surface area contributed by atoms with Gasteiger partial charge in [-0.15, -0.1) is 22.9 Å². The van der Waals surface area contributed by atoms with Crippen LogP contribution in [-0.4, -0.2) is 46.4 Å². The first-order valence-electron chi connectivity index (χ1n) is 8.91. The van der Waals surface area contributed by atoms with Crippen LogP contribution >= 0.6 is 22.9 Å². The summed E-state index contributed by atoms with van der Waals surface area (Å²) in [6, 6.07) is -1.23. The number of nitrogens with one attached hydrogen (secondary N) is 2. The van der Waals surface area contributed by atoms with Crippen molar-refractivity contribution in [3.05, 3.63) is 46.6 Å². The van der Waals surface area contributed by atoms with Crippen molar-refractivity contribution in [2.45, 2.75) is 37.9 Å². The number of nitrogens with zero attached hydrogens (tertiary/aromatic N) is 2. The van der Waals surface area contributed by atoms with Crippen LogP contribution in [0.15, 0.2) is 45.9 Å². The highest BCUT2D eigenvalue weighted by Gasteiger charge is 2.49. The van der Waals surface area contributed by atoms with Crippen LogP contribution in [0.25, 0.3) is 0 Å². The number of thiazole rings is 1. The number of allylic oxidation sites excluding steroid dienone is 4. The molecule has 1 aliphatic carbocycles. The van der Waals surface area contributed by atoms with Crippen molar-refractivity contribution in [3.63, 3.8) is 0 Å². The third kappa shape index (κ3) is 4.25. The van der Waals surface area contributed by atoms with Crippen LogP contribution in [0.2, 0.25) is 0 Å². The number of alkyl halides is 2. The zero-order chi connectivity index (χ0) is 21.2. The van der Waals surface area contributed by atoms with Crippen molar-refractivity contribution in [3.8, 4) is 0 Å². The highest BCUT2D eigenvalue weighted by molar-refractivity contribution is 7.14. The number of hydrogen-bond acceptors (Lipinski definition) is 7. The number of amidine groups is 1. The molecular weight excluding hydrogens is 419 g/mol. The molecule has 154 valence electrons. The second kappa shape index (κ2) is 8.46. The van der Waals surface area contributed by atoms with Gasteiger partial charge in [0.05, 0.1) is 17.6 Å². The normalized spacial score (nSPS) is 26.0. The summed E-state index contributed by atoms with van der Waals surface area (Å²) < 4.78 is 21.1. The number of amides is 1. The van der Waals surface area contributed by atoms with E-state index in [1.807, 2.05) is 0 Å². The van der Waals surface area contributed by atoms with Gasteiger partial charge in [0, 0.05) is 18.0 Å². The van der Waals surface area contributed by atoms with Gasteiger partial charge in [-0.2, -0.15) is 0 Å². The van der Waals surface area contributed by atoms with E-state index in [-0.39, 0.29) is 23.9 Å². The highest BCUT2D eigenvalue weighted by Crippen LogP contribution is 2.38. The van der Waals surface area contributed by atoms with Gasteiger partial charge in [-0.25, -0.2) is 14.2 Å². The Morgan fingerprint density at radius 1 is 1.45 bits per heavy atom. The number of halogens is 2. The number of carbonyl (C=O) groups excluding carboxylic acids is 2. The van der Waals surface area contributed by atoms with Crippen molar-refractivity contribution in [1.82, 2.24) is 10.3 Å². The number of aliphatic imine (C=N–C) groups is 1. The number of rotatable bonds is 5. The minimum absolute atomic E-state index is 0.0704. The summed E-state index contributed by atoms with van der Waals surface area (Å²) in [5.41, 5.74) is -1.25. The fraction of sp³-hybridized carbons (Fsp3) is 0.368. The molecular formula is C19H20ClFN4O3S. The van der Waals surface area contributed by atoms with Gasteiger partial charge in [0.25, 0.3) is 0 Å². The fourth-order valence-electron chi connectivity index (χ4n) is 3.04. The number of hydrogen-bond donors (Lipinski definition) is 2. The second-order valence-corrected chi connectivity index (χ2v) is 7.78. The van der Waals surface area contributed by atoms with Gasteiger partial charge in [-0.05, 0) is 19.9 Å². The lowest BCUT2D eigenvalue weighted by Gasteiger charge is -2.36. The number of anilines is 1. The highest BCUT2D eigenvalue weighted by atomic mass is 35.5. The largest absolute Gasteiger partial charge is 0.463 e. The molecule has 1 amide bonds. The quantitative estimate of drug-likeness (QED) is 0.544. The zero-order valence-corrected chi connectivity index (χ0v) is 17.6. The Morgan fingerprint density at radius 3 is 2.86 bits per heavy atom. The van der Waals surface area contributed by atoms with E-state index in [1.54, 1.807) is 25.3 Å². The van der Waals surface area contributed by atoms with Gasteiger partial charge in [-0.3, -0.25) is 9.79 Å². The summed E-state index contributed by atoms with van der Waals surface area (Å²) in [5.74, 6) is -0.640. The lowest BCUT2D eigenvalue weighted by molar-refractivity contribution is -0.139. The summed E-state index contributed by atoms with van der Waals surface area (Å²) in [7, 11) is 0. The molecule has 10 heteroatoms. The van der Waals surface area contributed by atoms with E-state index in [4.69, 9.17) is 16.3 Å². The van der Waals surface area contributed by atoms with Gasteiger partial charge >= 0.3 is 5.97 Å². The van der Waals surface area contributed by atoms with Crippen LogP contribution < -0.4 is 10.6 Å². The molecule has 1 aliphatic heterocycles. The van der Waals surface area contributed by atoms with E-state index in [0.29, 0.717) is 16.5 Å². The first kappa shape index (κ1) is 21.2. The molecule has 2 N–H and O–H groups in total. The molecule has 29 heavy (non-hydrogen) atoms. The monoisotopic (exact) mass is 438 g/mol. The molecule has 1 aromatic rings. The number of esters is 1. The van der Waals surface area contributed by atoms with Gasteiger partial charge in [0.1, 0.15) is 11.7 Å². The second-order valence-electron chi connectivity index (χ2n) is 6.46. The van der Waals surface area contributed by atoms with Crippen LogP contribution in [0.1, 0.15) is 26.5 Å². The van der Waals surface area contributed by atoms with Crippen LogP contribution in [0.4, 0.5) is 9.52 Å². The van der Waals surface area contributed by atoms with Crippen molar-refractivity contribution < 1.29 is 18.7 Å². The first-order chi connectivity index (χ1) is 13.8. The van der Waals surface area contributed by atoms with Crippen molar-refractivity contribution in [2.24, 2.45) is 4.99 Å². The van der Waals surface area contributed by atoms with Crippen LogP contribution in [0.3, 0.4) is 0 Å². The van der Waals surface area contributed by atoms with Crippen LogP contribution in [-0.2, 0) is 14.3 Å². The first-order valence-corrected chi connectivity index (χ1v) is 10.2. The average Bonchev–Trinajstić information content (AvgIpc) is 3.11. The van der Waals surface area contributed by atoms with Crippen molar-refractivity contribution in [1.29, 1.82) is 0 Å². The Labute approximate surface area is 176 Å². The fourth-order valence-corrected chi connectivity index (χ4v) is 4.05.